The van der Waals surface area contributed by atoms with Crippen LogP contribution in [0.25, 0.3) is 0 Å². The highest BCUT2D eigenvalue weighted by molar-refractivity contribution is 14.0. The first-order valence-corrected chi connectivity index (χ1v) is 7.01. The predicted molar refractivity (Wildman–Crippen MR) is 97.7 cm³/mol. The van der Waals surface area contributed by atoms with Crippen molar-refractivity contribution in [3.63, 3.8) is 0 Å². The first-order chi connectivity index (χ1) is 9.77. The standard InChI is InChI=1S/C15H25N3O2.HI/c1-3-20-12-6-10-17-15(16)18-11-9-13-7-4-5-8-14(13)19-2;/h4-5,7-8H,3,6,9-12H2,1-2H3,(H3,16,17,18);1H. The smallest absolute Gasteiger partial charge is 0.188 e. The number of hydrogen-bond donors (Lipinski definition) is 2. The quantitative estimate of drug-likeness (QED) is 0.285. The highest BCUT2D eigenvalue weighted by atomic mass is 127. The molecule has 1 rings (SSSR count). The molecule has 0 bridgehead atoms. The molecule has 1 aromatic rings. The molecule has 0 amide bonds. The summed E-state index contributed by atoms with van der Waals surface area (Å²) in [6.07, 6.45) is 1.74. The number of ether oxygens (including phenoxy) is 2. The summed E-state index contributed by atoms with van der Waals surface area (Å²) in [7, 11) is 1.68. The number of para-hydroxylation sites is 1. The van der Waals surface area contributed by atoms with Crippen LogP contribution in [0.5, 0.6) is 5.75 Å². The van der Waals surface area contributed by atoms with Gasteiger partial charge < -0.3 is 20.5 Å². The van der Waals surface area contributed by atoms with Gasteiger partial charge in [-0.15, -0.1) is 24.0 Å². The fourth-order valence-electron chi connectivity index (χ4n) is 1.80. The van der Waals surface area contributed by atoms with Crippen molar-refractivity contribution in [3.8, 4) is 5.75 Å². The number of nitrogens with zero attached hydrogens (tertiary/aromatic N) is 1. The van der Waals surface area contributed by atoms with Crippen LogP contribution >= 0.6 is 24.0 Å². The van der Waals surface area contributed by atoms with Crippen LogP contribution in [0.1, 0.15) is 18.9 Å². The first kappa shape index (κ1) is 20.0. The monoisotopic (exact) mass is 407 g/mol. The van der Waals surface area contributed by atoms with E-state index in [0.717, 1.165) is 43.9 Å². The molecule has 5 nitrogen and oxygen atoms in total. The normalized spacial score (nSPS) is 10.9. The Hall–Kier alpha value is -1.02. The summed E-state index contributed by atoms with van der Waals surface area (Å²) in [5.41, 5.74) is 6.95. The number of aliphatic imine (C=N–C) groups is 1. The number of halogens is 1. The molecule has 6 heteroatoms. The molecule has 3 N–H and O–H groups in total. The molecule has 21 heavy (non-hydrogen) atoms. The summed E-state index contributed by atoms with van der Waals surface area (Å²) in [5, 5.41) is 3.10. The number of hydrogen-bond acceptors (Lipinski definition) is 3. The van der Waals surface area contributed by atoms with E-state index in [1.165, 1.54) is 0 Å². The zero-order valence-electron chi connectivity index (χ0n) is 12.8. The second-order valence-corrected chi connectivity index (χ2v) is 4.31. The zero-order chi connectivity index (χ0) is 14.6. The highest BCUT2D eigenvalue weighted by Gasteiger charge is 2.01. The molecule has 0 aromatic heterocycles. The van der Waals surface area contributed by atoms with E-state index in [4.69, 9.17) is 15.2 Å². The van der Waals surface area contributed by atoms with Crippen LogP contribution in [0.4, 0.5) is 0 Å². The number of methoxy groups -OCH3 is 1. The molecule has 1 aromatic carbocycles. The number of benzene rings is 1. The molecule has 120 valence electrons. The van der Waals surface area contributed by atoms with E-state index in [0.29, 0.717) is 12.5 Å². The van der Waals surface area contributed by atoms with Crippen LogP contribution in [0, 0.1) is 0 Å². The largest absolute Gasteiger partial charge is 0.496 e. The second-order valence-electron chi connectivity index (χ2n) is 4.31. The van der Waals surface area contributed by atoms with Gasteiger partial charge in [-0.1, -0.05) is 18.2 Å². The fourth-order valence-corrected chi connectivity index (χ4v) is 1.80. The van der Waals surface area contributed by atoms with Crippen molar-refractivity contribution < 1.29 is 9.47 Å². The molecule has 0 aliphatic rings. The van der Waals surface area contributed by atoms with E-state index in [1.54, 1.807) is 7.11 Å². The Bertz CT molecular complexity index is 414. The van der Waals surface area contributed by atoms with Gasteiger partial charge in [0.15, 0.2) is 5.96 Å². The van der Waals surface area contributed by atoms with Crippen molar-refractivity contribution >= 4 is 29.9 Å². The Morgan fingerprint density at radius 2 is 2.10 bits per heavy atom. The van der Waals surface area contributed by atoms with Gasteiger partial charge in [0.25, 0.3) is 0 Å². The third kappa shape index (κ3) is 8.77. The van der Waals surface area contributed by atoms with Crippen LogP contribution in [-0.4, -0.2) is 39.4 Å². The fraction of sp³-hybridized carbons (Fsp3) is 0.533. The maximum atomic E-state index is 5.79. The molecule has 0 aliphatic heterocycles. The Balaban J connectivity index is 0.00000400. The lowest BCUT2D eigenvalue weighted by Crippen LogP contribution is -2.33. The van der Waals surface area contributed by atoms with Gasteiger partial charge in [0.2, 0.25) is 0 Å². The lowest BCUT2D eigenvalue weighted by atomic mass is 10.1. The second kappa shape index (κ2) is 12.7. The zero-order valence-corrected chi connectivity index (χ0v) is 15.1. The summed E-state index contributed by atoms with van der Waals surface area (Å²) in [6.45, 7) is 4.89. The third-order valence-electron chi connectivity index (χ3n) is 2.83. The van der Waals surface area contributed by atoms with E-state index in [-0.39, 0.29) is 24.0 Å². The van der Waals surface area contributed by atoms with Crippen LogP contribution in [0.3, 0.4) is 0 Å². The molecular formula is C15H26IN3O2. The summed E-state index contributed by atoms with van der Waals surface area (Å²) >= 11 is 0. The van der Waals surface area contributed by atoms with Crippen molar-refractivity contribution in [2.45, 2.75) is 19.8 Å². The summed E-state index contributed by atoms with van der Waals surface area (Å²) in [5.74, 6) is 1.39. The van der Waals surface area contributed by atoms with Gasteiger partial charge in [-0.2, -0.15) is 0 Å². The molecule has 0 saturated carbocycles. The summed E-state index contributed by atoms with van der Waals surface area (Å²) in [4.78, 5) is 4.24. The van der Waals surface area contributed by atoms with Crippen molar-refractivity contribution in [1.29, 1.82) is 0 Å². The average Bonchev–Trinajstić information content (AvgIpc) is 2.47. The van der Waals surface area contributed by atoms with E-state index < -0.39 is 0 Å². The van der Waals surface area contributed by atoms with Gasteiger partial charge in [0.1, 0.15) is 5.75 Å². The number of nitrogens with one attached hydrogen (secondary N) is 1. The Morgan fingerprint density at radius 1 is 1.33 bits per heavy atom. The molecule has 0 aliphatic carbocycles. The highest BCUT2D eigenvalue weighted by Crippen LogP contribution is 2.16. The van der Waals surface area contributed by atoms with Crippen molar-refractivity contribution in [2.75, 3.05) is 33.4 Å². The van der Waals surface area contributed by atoms with Crippen LogP contribution in [-0.2, 0) is 11.2 Å². The van der Waals surface area contributed by atoms with Gasteiger partial charge in [-0.25, -0.2) is 0 Å². The van der Waals surface area contributed by atoms with Crippen molar-refractivity contribution in [1.82, 2.24) is 5.32 Å². The van der Waals surface area contributed by atoms with E-state index in [9.17, 15) is 0 Å². The average molecular weight is 407 g/mol. The summed E-state index contributed by atoms with van der Waals surface area (Å²) in [6, 6.07) is 7.98. The maximum Gasteiger partial charge on any atom is 0.188 e. The molecule has 0 fully saturated rings. The minimum absolute atomic E-state index is 0. The maximum absolute atomic E-state index is 5.79. The number of guanidine groups is 1. The summed E-state index contributed by atoms with van der Waals surface area (Å²) < 4.78 is 10.5. The van der Waals surface area contributed by atoms with Gasteiger partial charge in [-0.3, -0.25) is 4.99 Å². The van der Waals surface area contributed by atoms with Crippen LogP contribution in [0.15, 0.2) is 29.3 Å². The number of rotatable bonds is 9. The van der Waals surface area contributed by atoms with Crippen molar-refractivity contribution in [3.05, 3.63) is 29.8 Å². The lowest BCUT2D eigenvalue weighted by Gasteiger charge is -2.09. The van der Waals surface area contributed by atoms with E-state index in [1.807, 2.05) is 25.1 Å². The van der Waals surface area contributed by atoms with Crippen molar-refractivity contribution in [2.24, 2.45) is 10.7 Å². The SMILES string of the molecule is CCOCCCN=C(N)NCCc1ccccc1OC.I. The van der Waals surface area contributed by atoms with E-state index >= 15 is 0 Å². The Labute approximate surface area is 144 Å². The van der Waals surface area contributed by atoms with Gasteiger partial charge in [0, 0.05) is 26.3 Å². The number of nitrogens with two attached hydrogens (primary N) is 1. The third-order valence-corrected chi connectivity index (χ3v) is 2.83. The Morgan fingerprint density at radius 3 is 2.81 bits per heavy atom. The van der Waals surface area contributed by atoms with Gasteiger partial charge in [0.05, 0.1) is 7.11 Å². The molecule has 0 spiro atoms. The molecule has 0 radical (unpaired) electrons. The molecule has 0 saturated heterocycles. The van der Waals surface area contributed by atoms with Gasteiger partial charge >= 0.3 is 0 Å². The topological polar surface area (TPSA) is 68.9 Å². The predicted octanol–water partition coefficient (Wildman–Crippen LogP) is 2.19. The lowest BCUT2D eigenvalue weighted by molar-refractivity contribution is 0.146. The molecule has 0 heterocycles. The van der Waals surface area contributed by atoms with Crippen LogP contribution in [0.2, 0.25) is 0 Å². The molecule has 0 unspecified atom stereocenters. The molecule has 0 atom stereocenters. The Kier molecular flexibility index (Phi) is 12.1. The van der Waals surface area contributed by atoms with Crippen LogP contribution < -0.4 is 15.8 Å². The molecular weight excluding hydrogens is 381 g/mol. The minimum atomic E-state index is 0. The minimum Gasteiger partial charge on any atom is -0.496 e. The van der Waals surface area contributed by atoms with E-state index in [2.05, 4.69) is 16.4 Å². The van der Waals surface area contributed by atoms with Gasteiger partial charge in [-0.05, 0) is 31.4 Å². The first-order valence-electron chi connectivity index (χ1n) is 7.01.